The predicted octanol–water partition coefficient (Wildman–Crippen LogP) is 1.39. The van der Waals surface area contributed by atoms with Crippen LogP contribution in [0.1, 0.15) is 5.56 Å². The molecule has 106 valence electrons. The Labute approximate surface area is 119 Å². The van der Waals surface area contributed by atoms with Crippen molar-refractivity contribution in [2.24, 2.45) is 0 Å². The number of rotatable bonds is 6. The first kappa shape index (κ1) is 15.9. The molecule has 0 fully saturated rings. The Morgan fingerprint density at radius 1 is 1.53 bits per heavy atom. The van der Waals surface area contributed by atoms with Gasteiger partial charge in [-0.15, -0.1) is 0 Å². The highest BCUT2D eigenvalue weighted by Gasteiger charge is 2.08. The van der Waals surface area contributed by atoms with Gasteiger partial charge in [-0.05, 0) is 18.2 Å². The lowest BCUT2D eigenvalue weighted by molar-refractivity contribution is 0.0660. The largest absolute Gasteiger partial charge is 0.389 e. The normalized spacial score (nSPS) is 12.0. The van der Waals surface area contributed by atoms with Gasteiger partial charge in [0.2, 0.25) is 0 Å². The second-order valence-corrected chi connectivity index (χ2v) is 4.82. The summed E-state index contributed by atoms with van der Waals surface area (Å²) in [7, 11) is 1.46. The second kappa shape index (κ2) is 8.08. The number of amides is 2. The molecule has 1 atom stereocenters. The lowest BCUT2D eigenvalue weighted by Crippen LogP contribution is -2.40. The first-order valence-corrected chi connectivity index (χ1v) is 6.45. The van der Waals surface area contributed by atoms with Gasteiger partial charge in [0.1, 0.15) is 5.82 Å². The van der Waals surface area contributed by atoms with Crippen molar-refractivity contribution < 1.29 is 19.0 Å². The maximum absolute atomic E-state index is 13.4. The van der Waals surface area contributed by atoms with Gasteiger partial charge in [-0.3, -0.25) is 0 Å². The van der Waals surface area contributed by atoms with Crippen molar-refractivity contribution in [3.63, 3.8) is 0 Å². The van der Waals surface area contributed by atoms with Crippen molar-refractivity contribution in [1.29, 1.82) is 0 Å². The number of methoxy groups -OCH3 is 1. The standard InChI is InChI=1S/C12H16BrFN2O3/c1-19-7-10(17)6-16-12(18)15-5-8-4-9(13)2-3-11(8)14/h2-4,10,17H,5-7H2,1H3,(H2,15,16,18). The lowest BCUT2D eigenvalue weighted by Gasteiger charge is -2.12. The van der Waals surface area contributed by atoms with E-state index in [-0.39, 0.29) is 25.5 Å². The van der Waals surface area contributed by atoms with E-state index in [1.807, 2.05) is 0 Å². The SMILES string of the molecule is COCC(O)CNC(=O)NCc1cc(Br)ccc1F. The van der Waals surface area contributed by atoms with Crippen LogP contribution in [0.15, 0.2) is 22.7 Å². The monoisotopic (exact) mass is 334 g/mol. The van der Waals surface area contributed by atoms with Crippen molar-refractivity contribution >= 4 is 22.0 Å². The first-order valence-electron chi connectivity index (χ1n) is 5.65. The number of aliphatic hydroxyl groups is 1. The minimum atomic E-state index is -0.765. The molecule has 0 aliphatic rings. The molecule has 0 radical (unpaired) electrons. The van der Waals surface area contributed by atoms with Crippen LogP contribution in [0.3, 0.4) is 0 Å². The van der Waals surface area contributed by atoms with E-state index in [1.165, 1.54) is 13.2 Å². The van der Waals surface area contributed by atoms with Crippen LogP contribution in [-0.2, 0) is 11.3 Å². The number of carbonyl (C=O) groups excluding carboxylic acids is 1. The fraction of sp³-hybridized carbons (Fsp3) is 0.417. The van der Waals surface area contributed by atoms with Crippen LogP contribution in [0, 0.1) is 5.82 Å². The zero-order chi connectivity index (χ0) is 14.3. The van der Waals surface area contributed by atoms with Gasteiger partial charge in [-0.2, -0.15) is 0 Å². The highest BCUT2D eigenvalue weighted by molar-refractivity contribution is 9.10. The van der Waals surface area contributed by atoms with Gasteiger partial charge in [0.15, 0.2) is 0 Å². The van der Waals surface area contributed by atoms with Gasteiger partial charge >= 0.3 is 6.03 Å². The van der Waals surface area contributed by atoms with E-state index in [0.29, 0.717) is 5.56 Å². The van der Waals surface area contributed by atoms with Crippen LogP contribution in [0.25, 0.3) is 0 Å². The summed E-state index contributed by atoms with van der Waals surface area (Å²) in [5.74, 6) is -0.386. The van der Waals surface area contributed by atoms with E-state index in [4.69, 9.17) is 4.74 Å². The van der Waals surface area contributed by atoms with E-state index >= 15 is 0 Å². The molecule has 7 heteroatoms. The third kappa shape index (κ3) is 6.00. The summed E-state index contributed by atoms with van der Waals surface area (Å²) in [6.45, 7) is 0.276. The number of aliphatic hydroxyl groups excluding tert-OH is 1. The van der Waals surface area contributed by atoms with E-state index < -0.39 is 12.1 Å². The van der Waals surface area contributed by atoms with Gasteiger partial charge in [0.05, 0.1) is 12.7 Å². The summed E-state index contributed by atoms with van der Waals surface area (Å²) >= 11 is 3.23. The molecule has 0 heterocycles. The Balaban J connectivity index is 2.35. The Morgan fingerprint density at radius 3 is 2.95 bits per heavy atom. The van der Waals surface area contributed by atoms with Crippen molar-refractivity contribution in [3.05, 3.63) is 34.1 Å². The summed E-state index contributed by atoms with van der Waals surface area (Å²) in [6.07, 6.45) is -0.765. The molecule has 3 N–H and O–H groups in total. The fourth-order valence-electron chi connectivity index (χ4n) is 1.38. The minimum absolute atomic E-state index is 0.0669. The maximum Gasteiger partial charge on any atom is 0.315 e. The summed E-state index contributed by atoms with van der Waals surface area (Å²) in [4.78, 5) is 11.4. The van der Waals surface area contributed by atoms with Gasteiger partial charge in [-0.1, -0.05) is 15.9 Å². The number of benzene rings is 1. The number of hydrogen-bond donors (Lipinski definition) is 3. The third-order valence-corrected chi connectivity index (χ3v) is 2.80. The van der Waals surface area contributed by atoms with Crippen LogP contribution in [0.5, 0.6) is 0 Å². The Hall–Kier alpha value is -1.18. The molecule has 1 rings (SSSR count). The summed E-state index contributed by atoms with van der Waals surface area (Å²) in [5.41, 5.74) is 0.377. The minimum Gasteiger partial charge on any atom is -0.389 e. The molecule has 0 saturated carbocycles. The van der Waals surface area contributed by atoms with Crippen molar-refractivity contribution in [2.75, 3.05) is 20.3 Å². The molecule has 19 heavy (non-hydrogen) atoms. The predicted molar refractivity (Wildman–Crippen MR) is 72.2 cm³/mol. The van der Waals surface area contributed by atoms with Gasteiger partial charge < -0.3 is 20.5 Å². The fourth-order valence-corrected chi connectivity index (χ4v) is 1.79. The van der Waals surface area contributed by atoms with Gasteiger partial charge in [-0.25, -0.2) is 9.18 Å². The van der Waals surface area contributed by atoms with Crippen molar-refractivity contribution in [3.8, 4) is 0 Å². The summed E-state index contributed by atoms with van der Waals surface area (Å²) < 4.78 is 18.8. The van der Waals surface area contributed by atoms with Gasteiger partial charge in [0, 0.05) is 30.2 Å². The molecule has 1 aromatic carbocycles. The van der Waals surface area contributed by atoms with E-state index in [2.05, 4.69) is 26.6 Å². The number of urea groups is 1. The summed E-state index contributed by atoms with van der Waals surface area (Å²) in [5, 5.41) is 14.3. The van der Waals surface area contributed by atoms with Crippen molar-refractivity contribution in [1.82, 2.24) is 10.6 Å². The highest BCUT2D eigenvalue weighted by Crippen LogP contribution is 2.15. The van der Waals surface area contributed by atoms with Crippen LogP contribution in [-0.4, -0.2) is 37.5 Å². The molecule has 0 bridgehead atoms. The van der Waals surface area contributed by atoms with E-state index in [0.717, 1.165) is 4.47 Å². The second-order valence-electron chi connectivity index (χ2n) is 3.91. The number of hydrogen-bond acceptors (Lipinski definition) is 3. The first-order chi connectivity index (χ1) is 9.02. The highest BCUT2D eigenvalue weighted by atomic mass is 79.9. The zero-order valence-electron chi connectivity index (χ0n) is 10.5. The third-order valence-electron chi connectivity index (χ3n) is 2.30. The molecule has 0 aromatic heterocycles. The van der Waals surface area contributed by atoms with E-state index in [9.17, 15) is 14.3 Å². The average molecular weight is 335 g/mol. The molecule has 0 saturated heterocycles. The van der Waals surface area contributed by atoms with E-state index in [1.54, 1.807) is 12.1 Å². The van der Waals surface area contributed by atoms with Crippen LogP contribution < -0.4 is 10.6 Å². The molecular weight excluding hydrogens is 319 g/mol. The van der Waals surface area contributed by atoms with Crippen molar-refractivity contribution in [2.45, 2.75) is 12.6 Å². The maximum atomic E-state index is 13.4. The quantitative estimate of drug-likeness (QED) is 0.736. The summed E-state index contributed by atoms with van der Waals surface area (Å²) in [6, 6.07) is 4.02. The Bertz CT molecular complexity index is 431. The van der Waals surface area contributed by atoms with Gasteiger partial charge in [0.25, 0.3) is 0 Å². The molecule has 2 amide bonds. The van der Waals surface area contributed by atoms with Crippen LogP contribution in [0.4, 0.5) is 9.18 Å². The molecular formula is C12H16BrFN2O3. The number of ether oxygens (including phenoxy) is 1. The Kier molecular flexibility index (Phi) is 6.75. The number of halogens is 2. The number of carbonyl (C=O) groups is 1. The van der Waals surface area contributed by atoms with Crippen LogP contribution >= 0.6 is 15.9 Å². The molecule has 0 spiro atoms. The topological polar surface area (TPSA) is 70.6 Å². The number of nitrogens with one attached hydrogen (secondary N) is 2. The average Bonchev–Trinajstić information content (AvgIpc) is 2.38. The lowest BCUT2D eigenvalue weighted by atomic mass is 10.2. The molecule has 1 unspecified atom stereocenters. The Morgan fingerprint density at radius 2 is 2.26 bits per heavy atom. The smallest absolute Gasteiger partial charge is 0.315 e. The molecule has 0 aliphatic carbocycles. The molecule has 0 aliphatic heterocycles. The van der Waals surface area contributed by atoms with Crippen LogP contribution in [0.2, 0.25) is 0 Å². The molecule has 5 nitrogen and oxygen atoms in total. The molecule has 1 aromatic rings. The zero-order valence-corrected chi connectivity index (χ0v) is 12.0.